The number of benzene rings is 1. The molecule has 0 unspecified atom stereocenters. The molecule has 2 rings (SSSR count). The number of phenols is 2. The normalized spacial score (nSPS) is 18.1. The van der Waals surface area contributed by atoms with Gasteiger partial charge in [0.25, 0.3) is 0 Å². The minimum Gasteiger partial charge on any atom is -0.508 e. The highest BCUT2D eigenvalue weighted by Crippen LogP contribution is 2.39. The molecule has 76 valence electrons. The molecule has 1 aromatic rings. The standard InChI is InChI=1S/C11H15NO2/c1-7-9(13)3-2-8(10(7)14)6-11(12)4-5-11/h2-3,13-14H,4-6,12H2,1H3. The van der Waals surface area contributed by atoms with Crippen molar-refractivity contribution in [2.75, 3.05) is 0 Å². The van der Waals surface area contributed by atoms with Gasteiger partial charge in [-0.1, -0.05) is 6.07 Å². The van der Waals surface area contributed by atoms with Crippen LogP contribution in [0, 0.1) is 6.92 Å². The maximum atomic E-state index is 9.75. The Morgan fingerprint density at radius 1 is 1.36 bits per heavy atom. The zero-order valence-corrected chi connectivity index (χ0v) is 8.25. The van der Waals surface area contributed by atoms with E-state index < -0.39 is 0 Å². The quantitative estimate of drug-likeness (QED) is 0.665. The largest absolute Gasteiger partial charge is 0.508 e. The summed E-state index contributed by atoms with van der Waals surface area (Å²) in [4.78, 5) is 0. The van der Waals surface area contributed by atoms with Gasteiger partial charge in [0, 0.05) is 11.1 Å². The lowest BCUT2D eigenvalue weighted by Gasteiger charge is -2.12. The summed E-state index contributed by atoms with van der Waals surface area (Å²) in [5.41, 5.74) is 7.22. The Morgan fingerprint density at radius 3 is 2.57 bits per heavy atom. The number of aromatic hydroxyl groups is 2. The van der Waals surface area contributed by atoms with E-state index in [9.17, 15) is 10.2 Å². The third-order valence-corrected chi connectivity index (χ3v) is 2.92. The fourth-order valence-electron chi connectivity index (χ4n) is 1.60. The summed E-state index contributed by atoms with van der Waals surface area (Å²) in [6, 6.07) is 3.35. The van der Waals surface area contributed by atoms with Crippen LogP contribution in [-0.4, -0.2) is 15.8 Å². The molecule has 0 bridgehead atoms. The molecule has 0 aromatic heterocycles. The molecule has 0 saturated heterocycles. The van der Waals surface area contributed by atoms with Gasteiger partial charge >= 0.3 is 0 Å². The van der Waals surface area contributed by atoms with Crippen molar-refractivity contribution in [1.82, 2.24) is 0 Å². The van der Waals surface area contributed by atoms with Crippen molar-refractivity contribution in [2.45, 2.75) is 31.7 Å². The van der Waals surface area contributed by atoms with Crippen molar-refractivity contribution >= 4 is 0 Å². The Labute approximate surface area is 83.2 Å². The van der Waals surface area contributed by atoms with E-state index in [-0.39, 0.29) is 17.0 Å². The average Bonchev–Trinajstić information content (AvgIpc) is 2.86. The Morgan fingerprint density at radius 2 is 2.00 bits per heavy atom. The summed E-state index contributed by atoms with van der Waals surface area (Å²) < 4.78 is 0. The summed E-state index contributed by atoms with van der Waals surface area (Å²) in [7, 11) is 0. The van der Waals surface area contributed by atoms with Gasteiger partial charge in [0.15, 0.2) is 0 Å². The van der Waals surface area contributed by atoms with Crippen LogP contribution in [0.2, 0.25) is 0 Å². The first kappa shape index (κ1) is 9.34. The predicted molar refractivity (Wildman–Crippen MR) is 54.4 cm³/mol. The molecule has 0 heterocycles. The zero-order chi connectivity index (χ0) is 10.3. The molecule has 1 aromatic carbocycles. The molecule has 0 aliphatic heterocycles. The van der Waals surface area contributed by atoms with E-state index in [0.29, 0.717) is 12.0 Å². The van der Waals surface area contributed by atoms with E-state index in [1.54, 1.807) is 19.1 Å². The van der Waals surface area contributed by atoms with Gasteiger partial charge in [-0.2, -0.15) is 0 Å². The first-order valence-corrected chi connectivity index (χ1v) is 4.81. The van der Waals surface area contributed by atoms with Gasteiger partial charge in [-0.25, -0.2) is 0 Å². The first-order chi connectivity index (χ1) is 6.52. The van der Waals surface area contributed by atoms with Crippen LogP contribution in [0.1, 0.15) is 24.0 Å². The third kappa shape index (κ3) is 1.55. The lowest BCUT2D eigenvalue weighted by Crippen LogP contribution is -2.24. The molecule has 1 aliphatic carbocycles. The van der Waals surface area contributed by atoms with E-state index in [4.69, 9.17) is 5.73 Å². The molecule has 3 nitrogen and oxygen atoms in total. The Hall–Kier alpha value is -1.22. The van der Waals surface area contributed by atoms with Gasteiger partial charge in [-0.3, -0.25) is 0 Å². The number of phenolic OH excluding ortho intramolecular Hbond substituents is 2. The SMILES string of the molecule is Cc1c(O)ccc(CC2(N)CC2)c1O. The Bertz CT molecular complexity index is 370. The van der Waals surface area contributed by atoms with Crippen molar-refractivity contribution in [3.63, 3.8) is 0 Å². The Balaban J connectivity index is 2.30. The lowest BCUT2D eigenvalue weighted by atomic mass is 10.0. The molecule has 0 radical (unpaired) electrons. The van der Waals surface area contributed by atoms with Crippen LogP contribution in [0.3, 0.4) is 0 Å². The third-order valence-electron chi connectivity index (χ3n) is 2.92. The van der Waals surface area contributed by atoms with Gasteiger partial charge in [0.1, 0.15) is 11.5 Å². The predicted octanol–water partition coefficient (Wildman–Crippen LogP) is 1.44. The van der Waals surface area contributed by atoms with Crippen molar-refractivity contribution in [3.05, 3.63) is 23.3 Å². The van der Waals surface area contributed by atoms with Crippen LogP contribution in [0.15, 0.2) is 12.1 Å². The fourth-order valence-corrected chi connectivity index (χ4v) is 1.60. The maximum Gasteiger partial charge on any atom is 0.125 e. The van der Waals surface area contributed by atoms with Crippen LogP contribution < -0.4 is 5.73 Å². The lowest BCUT2D eigenvalue weighted by molar-refractivity contribution is 0.436. The number of nitrogens with two attached hydrogens (primary N) is 1. The van der Waals surface area contributed by atoms with Gasteiger partial charge in [-0.15, -0.1) is 0 Å². The van der Waals surface area contributed by atoms with Gasteiger partial charge < -0.3 is 15.9 Å². The van der Waals surface area contributed by atoms with Crippen LogP contribution in [-0.2, 0) is 6.42 Å². The second-order valence-electron chi connectivity index (χ2n) is 4.26. The van der Waals surface area contributed by atoms with E-state index in [1.807, 2.05) is 0 Å². The second-order valence-corrected chi connectivity index (χ2v) is 4.26. The zero-order valence-electron chi connectivity index (χ0n) is 8.25. The van der Waals surface area contributed by atoms with Crippen LogP contribution in [0.5, 0.6) is 11.5 Å². The summed E-state index contributed by atoms with van der Waals surface area (Å²) in [5.74, 6) is 0.315. The van der Waals surface area contributed by atoms with Gasteiger partial charge in [0.05, 0.1) is 0 Å². The highest BCUT2D eigenvalue weighted by molar-refractivity contribution is 5.48. The molecule has 1 saturated carbocycles. The van der Waals surface area contributed by atoms with Gasteiger partial charge in [0.2, 0.25) is 0 Å². The van der Waals surface area contributed by atoms with Gasteiger partial charge in [-0.05, 0) is 37.8 Å². The van der Waals surface area contributed by atoms with Crippen LogP contribution >= 0.6 is 0 Å². The Kier molecular flexibility index (Phi) is 1.93. The number of rotatable bonds is 2. The minimum absolute atomic E-state index is 0.110. The van der Waals surface area contributed by atoms with E-state index >= 15 is 0 Å². The average molecular weight is 193 g/mol. The molecule has 4 N–H and O–H groups in total. The molecule has 1 aliphatic rings. The first-order valence-electron chi connectivity index (χ1n) is 4.81. The molecule has 1 fully saturated rings. The maximum absolute atomic E-state index is 9.75. The summed E-state index contributed by atoms with van der Waals surface area (Å²) in [5, 5.41) is 19.1. The molecule has 0 atom stereocenters. The summed E-state index contributed by atoms with van der Waals surface area (Å²) in [6.45, 7) is 1.70. The topological polar surface area (TPSA) is 66.5 Å². The second kappa shape index (κ2) is 2.89. The molecule has 14 heavy (non-hydrogen) atoms. The number of hydrogen-bond acceptors (Lipinski definition) is 3. The highest BCUT2D eigenvalue weighted by Gasteiger charge is 2.38. The monoisotopic (exact) mass is 193 g/mol. The number of hydrogen-bond donors (Lipinski definition) is 3. The van der Waals surface area contributed by atoms with Crippen LogP contribution in [0.4, 0.5) is 0 Å². The molecule has 0 amide bonds. The van der Waals surface area contributed by atoms with E-state index in [1.165, 1.54) is 0 Å². The highest BCUT2D eigenvalue weighted by atomic mass is 16.3. The molecular weight excluding hydrogens is 178 g/mol. The molecular formula is C11H15NO2. The fraction of sp³-hybridized carbons (Fsp3) is 0.455. The minimum atomic E-state index is -0.110. The van der Waals surface area contributed by atoms with Crippen molar-refractivity contribution in [3.8, 4) is 11.5 Å². The molecule has 3 heteroatoms. The summed E-state index contributed by atoms with van der Waals surface area (Å²) in [6.07, 6.45) is 2.73. The van der Waals surface area contributed by atoms with E-state index in [0.717, 1.165) is 18.4 Å². The van der Waals surface area contributed by atoms with Crippen molar-refractivity contribution in [2.24, 2.45) is 5.73 Å². The smallest absolute Gasteiger partial charge is 0.125 e. The van der Waals surface area contributed by atoms with Crippen molar-refractivity contribution < 1.29 is 10.2 Å². The van der Waals surface area contributed by atoms with E-state index in [2.05, 4.69) is 0 Å². The van der Waals surface area contributed by atoms with Crippen molar-refractivity contribution in [1.29, 1.82) is 0 Å². The van der Waals surface area contributed by atoms with Crippen LogP contribution in [0.25, 0.3) is 0 Å². The molecule has 0 spiro atoms. The summed E-state index contributed by atoms with van der Waals surface area (Å²) >= 11 is 0.